The minimum Gasteiger partial charge on any atom is -0.495 e. The maximum Gasteiger partial charge on any atom is 0.260 e. The molecule has 0 saturated heterocycles. The molecular formula is C22H26FN3O3S. The fraction of sp³-hybridized carbons (Fsp3) is 0.364. The van der Waals surface area contributed by atoms with E-state index in [2.05, 4.69) is 18.7 Å². The normalized spacial score (nSPS) is 11.1. The van der Waals surface area contributed by atoms with E-state index in [1.165, 1.54) is 29.5 Å². The average molecular weight is 432 g/mol. The number of ether oxygens (including phenoxy) is 2. The molecular weight excluding hydrogens is 405 g/mol. The summed E-state index contributed by atoms with van der Waals surface area (Å²) in [5.74, 6) is 0.530. The predicted molar refractivity (Wildman–Crippen MR) is 119 cm³/mol. The van der Waals surface area contributed by atoms with Crippen LogP contribution in [0.25, 0.3) is 10.2 Å². The number of methoxy groups -OCH3 is 2. The van der Waals surface area contributed by atoms with Crippen molar-refractivity contribution in [1.29, 1.82) is 0 Å². The Balaban J connectivity index is 2.06. The van der Waals surface area contributed by atoms with Crippen molar-refractivity contribution in [2.75, 3.05) is 45.3 Å². The minimum atomic E-state index is -0.447. The summed E-state index contributed by atoms with van der Waals surface area (Å²) in [5.41, 5.74) is 0.921. The molecule has 0 fully saturated rings. The Hall–Kier alpha value is -2.71. The Labute approximate surface area is 179 Å². The van der Waals surface area contributed by atoms with E-state index in [1.807, 2.05) is 6.07 Å². The third-order valence-corrected chi connectivity index (χ3v) is 6.07. The largest absolute Gasteiger partial charge is 0.495 e. The fourth-order valence-electron chi connectivity index (χ4n) is 3.23. The first-order valence-electron chi connectivity index (χ1n) is 9.83. The summed E-state index contributed by atoms with van der Waals surface area (Å²) in [6.45, 7) is 7.02. The van der Waals surface area contributed by atoms with E-state index in [-0.39, 0.29) is 11.5 Å². The highest BCUT2D eigenvalue weighted by Gasteiger charge is 2.24. The number of amides is 1. The van der Waals surface area contributed by atoms with E-state index in [1.54, 1.807) is 31.3 Å². The maximum atomic E-state index is 13.8. The predicted octanol–water partition coefficient (Wildman–Crippen LogP) is 4.44. The van der Waals surface area contributed by atoms with Crippen LogP contribution in [0.3, 0.4) is 0 Å². The number of carbonyl (C=O) groups excluding carboxylic acids is 1. The van der Waals surface area contributed by atoms with Gasteiger partial charge in [-0.2, -0.15) is 0 Å². The highest BCUT2D eigenvalue weighted by molar-refractivity contribution is 7.22. The van der Waals surface area contributed by atoms with Crippen LogP contribution >= 0.6 is 11.3 Å². The number of likely N-dealkylation sites (N-methyl/N-ethyl adjacent to an activating group) is 1. The number of hydrogen-bond acceptors (Lipinski definition) is 6. The molecule has 0 bridgehead atoms. The molecule has 8 heteroatoms. The van der Waals surface area contributed by atoms with Crippen LogP contribution in [0.15, 0.2) is 36.4 Å². The molecule has 1 aromatic heterocycles. The second-order valence-electron chi connectivity index (χ2n) is 6.64. The second kappa shape index (κ2) is 9.86. The van der Waals surface area contributed by atoms with Crippen LogP contribution in [0.5, 0.6) is 11.5 Å². The monoisotopic (exact) mass is 431 g/mol. The Morgan fingerprint density at radius 3 is 2.40 bits per heavy atom. The van der Waals surface area contributed by atoms with Crippen molar-refractivity contribution in [1.82, 2.24) is 9.88 Å². The fourth-order valence-corrected chi connectivity index (χ4v) is 4.33. The van der Waals surface area contributed by atoms with Gasteiger partial charge in [0.25, 0.3) is 5.91 Å². The number of halogens is 1. The van der Waals surface area contributed by atoms with E-state index in [9.17, 15) is 9.18 Å². The van der Waals surface area contributed by atoms with Gasteiger partial charge in [-0.05, 0) is 43.4 Å². The molecule has 0 N–H and O–H groups in total. The number of fused-ring (bicyclic) bond motifs is 1. The molecule has 0 aliphatic carbocycles. The zero-order chi connectivity index (χ0) is 21.7. The highest BCUT2D eigenvalue weighted by Crippen LogP contribution is 2.40. The van der Waals surface area contributed by atoms with Crippen molar-refractivity contribution in [2.24, 2.45) is 0 Å². The number of anilines is 1. The first-order valence-corrected chi connectivity index (χ1v) is 10.6. The molecule has 0 spiro atoms. The number of thiazole rings is 1. The van der Waals surface area contributed by atoms with Gasteiger partial charge in [0.15, 0.2) is 5.13 Å². The number of aromatic nitrogens is 1. The third-order valence-electron chi connectivity index (χ3n) is 4.98. The summed E-state index contributed by atoms with van der Waals surface area (Å²) in [7, 11) is 3.17. The number of benzene rings is 2. The van der Waals surface area contributed by atoms with Crippen LogP contribution in [-0.4, -0.2) is 56.2 Å². The van der Waals surface area contributed by atoms with Crippen molar-refractivity contribution in [3.05, 3.63) is 47.8 Å². The molecule has 30 heavy (non-hydrogen) atoms. The molecule has 0 unspecified atom stereocenters. The van der Waals surface area contributed by atoms with Crippen molar-refractivity contribution in [2.45, 2.75) is 13.8 Å². The maximum absolute atomic E-state index is 13.8. The summed E-state index contributed by atoms with van der Waals surface area (Å²) < 4.78 is 25.5. The number of carbonyl (C=O) groups is 1. The molecule has 3 aromatic rings. The first-order chi connectivity index (χ1) is 14.5. The van der Waals surface area contributed by atoms with Crippen LogP contribution < -0.4 is 14.4 Å². The smallest absolute Gasteiger partial charge is 0.260 e. The van der Waals surface area contributed by atoms with Crippen LogP contribution in [0.4, 0.5) is 9.52 Å². The van der Waals surface area contributed by atoms with Gasteiger partial charge in [0, 0.05) is 18.7 Å². The molecule has 0 aliphatic rings. The standard InChI is InChI=1S/C22H26FN3O3S/c1-5-25(6-2)12-13-26(21(27)15-8-7-9-16(23)14-15)22-24-19-17(28-3)10-11-18(29-4)20(19)30-22/h7-11,14H,5-6,12-13H2,1-4H3. The van der Waals surface area contributed by atoms with E-state index in [0.29, 0.717) is 35.2 Å². The lowest BCUT2D eigenvalue weighted by molar-refractivity contribution is 0.0983. The van der Waals surface area contributed by atoms with Crippen molar-refractivity contribution in [3.63, 3.8) is 0 Å². The Morgan fingerprint density at radius 2 is 1.77 bits per heavy atom. The number of nitrogens with zero attached hydrogens (tertiary/aromatic N) is 3. The Kier molecular flexibility index (Phi) is 7.23. The van der Waals surface area contributed by atoms with Crippen LogP contribution in [0.2, 0.25) is 0 Å². The summed E-state index contributed by atoms with van der Waals surface area (Å²) in [4.78, 5) is 21.8. The summed E-state index contributed by atoms with van der Waals surface area (Å²) >= 11 is 1.36. The van der Waals surface area contributed by atoms with Crippen molar-refractivity contribution in [3.8, 4) is 11.5 Å². The number of rotatable bonds is 9. The van der Waals surface area contributed by atoms with Gasteiger partial charge in [0.2, 0.25) is 0 Å². The first kappa shape index (κ1) is 22.0. The topological polar surface area (TPSA) is 54.9 Å². The lowest BCUT2D eigenvalue weighted by Gasteiger charge is -2.24. The lowest BCUT2D eigenvalue weighted by atomic mass is 10.2. The van der Waals surface area contributed by atoms with Crippen LogP contribution in [0.1, 0.15) is 24.2 Å². The van der Waals surface area contributed by atoms with E-state index >= 15 is 0 Å². The van der Waals surface area contributed by atoms with Gasteiger partial charge in [-0.1, -0.05) is 31.3 Å². The SMILES string of the molecule is CCN(CC)CCN(C(=O)c1cccc(F)c1)c1nc2c(OC)ccc(OC)c2s1. The number of hydrogen-bond donors (Lipinski definition) is 0. The van der Waals surface area contributed by atoms with Gasteiger partial charge in [-0.25, -0.2) is 9.37 Å². The van der Waals surface area contributed by atoms with Crippen molar-refractivity contribution < 1.29 is 18.7 Å². The second-order valence-corrected chi connectivity index (χ2v) is 7.62. The van der Waals surface area contributed by atoms with Gasteiger partial charge in [0.05, 0.1) is 14.2 Å². The van der Waals surface area contributed by atoms with Crippen LogP contribution in [-0.2, 0) is 0 Å². The van der Waals surface area contributed by atoms with E-state index in [0.717, 1.165) is 17.8 Å². The Bertz CT molecular complexity index is 979. The lowest BCUT2D eigenvalue weighted by Crippen LogP contribution is -2.38. The van der Waals surface area contributed by atoms with Gasteiger partial charge < -0.3 is 14.4 Å². The average Bonchev–Trinajstić information content (AvgIpc) is 3.21. The van der Waals surface area contributed by atoms with Gasteiger partial charge in [-0.15, -0.1) is 0 Å². The minimum absolute atomic E-state index is 0.285. The van der Waals surface area contributed by atoms with Gasteiger partial charge in [-0.3, -0.25) is 9.69 Å². The van der Waals surface area contributed by atoms with Crippen LogP contribution in [0, 0.1) is 5.82 Å². The van der Waals surface area contributed by atoms with E-state index < -0.39 is 5.82 Å². The quantitative estimate of drug-likeness (QED) is 0.501. The molecule has 160 valence electrons. The molecule has 6 nitrogen and oxygen atoms in total. The zero-order valence-corrected chi connectivity index (χ0v) is 18.5. The van der Waals surface area contributed by atoms with E-state index in [4.69, 9.17) is 14.5 Å². The Morgan fingerprint density at radius 1 is 1.07 bits per heavy atom. The molecule has 1 heterocycles. The molecule has 2 aromatic carbocycles. The molecule has 0 aliphatic heterocycles. The summed E-state index contributed by atoms with van der Waals surface area (Å²) in [5, 5.41) is 0.522. The molecule has 3 rings (SSSR count). The molecule has 0 saturated carbocycles. The molecule has 1 amide bonds. The van der Waals surface area contributed by atoms with Crippen molar-refractivity contribution >= 4 is 32.6 Å². The third kappa shape index (κ3) is 4.55. The van der Waals surface area contributed by atoms with Gasteiger partial charge >= 0.3 is 0 Å². The summed E-state index contributed by atoms with van der Waals surface area (Å²) in [6.07, 6.45) is 0. The highest BCUT2D eigenvalue weighted by atomic mass is 32.1. The van der Waals surface area contributed by atoms with Gasteiger partial charge in [0.1, 0.15) is 27.5 Å². The molecule has 0 radical (unpaired) electrons. The summed E-state index contributed by atoms with van der Waals surface area (Å²) in [6, 6.07) is 9.34. The molecule has 0 atom stereocenters. The zero-order valence-electron chi connectivity index (χ0n) is 17.6.